The van der Waals surface area contributed by atoms with Gasteiger partial charge in [0.15, 0.2) is 0 Å². The minimum absolute atomic E-state index is 0.477. The number of thiazole rings is 1. The molecule has 3 aromatic heterocycles. The summed E-state index contributed by atoms with van der Waals surface area (Å²) in [6, 6.07) is 3.67. The van der Waals surface area contributed by atoms with E-state index in [0.717, 1.165) is 15.6 Å². The van der Waals surface area contributed by atoms with Crippen molar-refractivity contribution in [1.29, 1.82) is 0 Å². The van der Waals surface area contributed by atoms with Gasteiger partial charge in [-0.25, -0.2) is 4.98 Å². The summed E-state index contributed by atoms with van der Waals surface area (Å²) < 4.78 is 5.15. The van der Waals surface area contributed by atoms with E-state index in [1.807, 2.05) is 17.5 Å². The summed E-state index contributed by atoms with van der Waals surface area (Å²) in [5, 5.41) is 6.47. The standard InChI is InChI=1S/C9H6N4OS2/c10-7-2-1-6(16-7)9-12-8(13-14-9)5-3-15-4-11-5/h1-4H,10H2. The van der Waals surface area contributed by atoms with Crippen molar-refractivity contribution in [1.82, 2.24) is 15.1 Å². The molecule has 0 saturated carbocycles. The number of thiophene rings is 1. The number of hydrogen-bond acceptors (Lipinski definition) is 7. The Bertz CT molecular complexity index is 599. The van der Waals surface area contributed by atoms with Crippen molar-refractivity contribution in [2.45, 2.75) is 0 Å². The maximum Gasteiger partial charge on any atom is 0.268 e. The number of nitrogens with two attached hydrogens (primary N) is 1. The van der Waals surface area contributed by atoms with E-state index < -0.39 is 0 Å². The first-order chi connectivity index (χ1) is 7.83. The van der Waals surface area contributed by atoms with Crippen molar-refractivity contribution < 1.29 is 4.52 Å². The monoisotopic (exact) mass is 250 g/mol. The normalized spacial score (nSPS) is 10.8. The summed E-state index contributed by atoms with van der Waals surface area (Å²) in [6.45, 7) is 0. The molecule has 3 rings (SSSR count). The first kappa shape index (κ1) is 9.49. The van der Waals surface area contributed by atoms with E-state index in [9.17, 15) is 0 Å². The first-order valence-corrected chi connectivity index (χ1v) is 6.17. The number of rotatable bonds is 2. The molecule has 7 heteroatoms. The fourth-order valence-electron chi connectivity index (χ4n) is 1.22. The summed E-state index contributed by atoms with van der Waals surface area (Å²) in [4.78, 5) is 9.24. The molecule has 0 aliphatic heterocycles. The van der Waals surface area contributed by atoms with Crippen LogP contribution < -0.4 is 5.73 Å². The zero-order chi connectivity index (χ0) is 11.0. The van der Waals surface area contributed by atoms with Crippen LogP contribution in [-0.4, -0.2) is 15.1 Å². The second-order valence-electron chi connectivity index (χ2n) is 3.00. The van der Waals surface area contributed by atoms with Gasteiger partial charge in [0.1, 0.15) is 5.69 Å². The van der Waals surface area contributed by atoms with Crippen LogP contribution in [0.25, 0.3) is 22.3 Å². The number of nitrogen functional groups attached to an aromatic ring is 1. The van der Waals surface area contributed by atoms with E-state index in [2.05, 4.69) is 15.1 Å². The Labute approximate surface area is 98.6 Å². The molecule has 0 bridgehead atoms. The molecule has 0 unspecified atom stereocenters. The minimum Gasteiger partial charge on any atom is -0.391 e. The Hall–Kier alpha value is -1.73. The van der Waals surface area contributed by atoms with E-state index in [0.29, 0.717) is 11.7 Å². The van der Waals surface area contributed by atoms with E-state index in [-0.39, 0.29) is 0 Å². The van der Waals surface area contributed by atoms with Gasteiger partial charge in [-0.15, -0.1) is 22.7 Å². The number of nitrogens with zero attached hydrogens (tertiary/aromatic N) is 3. The molecule has 0 aromatic carbocycles. The molecule has 0 radical (unpaired) electrons. The molecule has 0 fully saturated rings. The maximum absolute atomic E-state index is 5.64. The van der Waals surface area contributed by atoms with Crippen molar-refractivity contribution in [2.24, 2.45) is 0 Å². The summed E-state index contributed by atoms with van der Waals surface area (Å²) in [5.41, 5.74) is 8.09. The van der Waals surface area contributed by atoms with Crippen LogP contribution in [-0.2, 0) is 0 Å². The molecule has 0 saturated heterocycles. The van der Waals surface area contributed by atoms with Crippen LogP contribution in [0.4, 0.5) is 5.00 Å². The SMILES string of the molecule is Nc1ccc(-c2nc(-c3cscn3)no2)s1. The lowest BCUT2D eigenvalue weighted by molar-refractivity contribution is 0.433. The highest BCUT2D eigenvalue weighted by Crippen LogP contribution is 2.29. The quantitative estimate of drug-likeness (QED) is 0.756. The van der Waals surface area contributed by atoms with Crippen LogP contribution in [0.15, 0.2) is 27.5 Å². The minimum atomic E-state index is 0.477. The Morgan fingerprint density at radius 1 is 1.31 bits per heavy atom. The summed E-state index contributed by atoms with van der Waals surface area (Å²) >= 11 is 2.91. The molecule has 16 heavy (non-hydrogen) atoms. The van der Waals surface area contributed by atoms with Gasteiger partial charge in [-0.2, -0.15) is 4.98 Å². The fraction of sp³-hybridized carbons (Fsp3) is 0. The first-order valence-electron chi connectivity index (χ1n) is 4.41. The molecule has 80 valence electrons. The van der Waals surface area contributed by atoms with Crippen molar-refractivity contribution in [3.05, 3.63) is 23.0 Å². The topological polar surface area (TPSA) is 77.8 Å². The van der Waals surface area contributed by atoms with E-state index in [1.54, 1.807) is 5.51 Å². The van der Waals surface area contributed by atoms with Gasteiger partial charge in [0, 0.05) is 5.38 Å². The average molecular weight is 250 g/mol. The molecule has 0 atom stereocenters. The fourth-order valence-corrected chi connectivity index (χ4v) is 2.45. The van der Waals surface area contributed by atoms with Crippen LogP contribution >= 0.6 is 22.7 Å². The molecule has 0 aliphatic rings. The third-order valence-corrected chi connectivity index (χ3v) is 3.41. The molecule has 0 aliphatic carbocycles. The Kier molecular flexibility index (Phi) is 2.19. The van der Waals surface area contributed by atoms with Gasteiger partial charge in [-0.1, -0.05) is 5.16 Å². The van der Waals surface area contributed by atoms with Crippen molar-refractivity contribution >= 4 is 27.7 Å². The lowest BCUT2D eigenvalue weighted by Gasteiger charge is -1.83. The van der Waals surface area contributed by atoms with Crippen LogP contribution in [0, 0.1) is 0 Å². The van der Waals surface area contributed by atoms with Crippen molar-refractivity contribution in [2.75, 3.05) is 5.73 Å². The molecular formula is C9H6N4OS2. The Balaban J connectivity index is 2.00. The van der Waals surface area contributed by atoms with Gasteiger partial charge in [-0.3, -0.25) is 0 Å². The molecule has 0 amide bonds. The second kappa shape index (κ2) is 3.69. The predicted molar refractivity (Wildman–Crippen MR) is 63.1 cm³/mol. The molecule has 0 spiro atoms. The van der Waals surface area contributed by atoms with Crippen LogP contribution in [0.2, 0.25) is 0 Å². The van der Waals surface area contributed by atoms with E-state index in [1.165, 1.54) is 22.7 Å². The van der Waals surface area contributed by atoms with Crippen molar-refractivity contribution in [3.63, 3.8) is 0 Å². The Morgan fingerprint density at radius 3 is 2.94 bits per heavy atom. The van der Waals surface area contributed by atoms with Gasteiger partial charge < -0.3 is 10.3 Å². The summed E-state index contributed by atoms with van der Waals surface area (Å²) in [7, 11) is 0. The van der Waals surface area contributed by atoms with Gasteiger partial charge in [0.25, 0.3) is 5.89 Å². The number of anilines is 1. The van der Waals surface area contributed by atoms with E-state index >= 15 is 0 Å². The molecular weight excluding hydrogens is 244 g/mol. The van der Waals surface area contributed by atoms with Gasteiger partial charge >= 0.3 is 0 Å². The maximum atomic E-state index is 5.64. The molecule has 3 heterocycles. The summed E-state index contributed by atoms with van der Waals surface area (Å²) in [5.74, 6) is 0.980. The smallest absolute Gasteiger partial charge is 0.268 e. The van der Waals surface area contributed by atoms with Gasteiger partial charge in [0.05, 0.1) is 15.4 Å². The molecule has 2 N–H and O–H groups in total. The van der Waals surface area contributed by atoms with Crippen molar-refractivity contribution in [3.8, 4) is 22.3 Å². The lowest BCUT2D eigenvalue weighted by Crippen LogP contribution is -1.78. The number of hydrogen-bond donors (Lipinski definition) is 1. The molecule has 3 aromatic rings. The highest BCUT2D eigenvalue weighted by Gasteiger charge is 2.12. The summed E-state index contributed by atoms with van der Waals surface area (Å²) in [6.07, 6.45) is 0. The van der Waals surface area contributed by atoms with Crippen LogP contribution in [0.5, 0.6) is 0 Å². The van der Waals surface area contributed by atoms with Gasteiger partial charge in [-0.05, 0) is 12.1 Å². The Morgan fingerprint density at radius 2 is 2.25 bits per heavy atom. The third kappa shape index (κ3) is 1.59. The number of aromatic nitrogens is 3. The van der Waals surface area contributed by atoms with Crippen LogP contribution in [0.3, 0.4) is 0 Å². The third-order valence-electron chi connectivity index (χ3n) is 1.93. The van der Waals surface area contributed by atoms with E-state index in [4.69, 9.17) is 10.3 Å². The highest BCUT2D eigenvalue weighted by molar-refractivity contribution is 7.19. The largest absolute Gasteiger partial charge is 0.391 e. The zero-order valence-electron chi connectivity index (χ0n) is 7.95. The van der Waals surface area contributed by atoms with Gasteiger partial charge in [0.2, 0.25) is 5.82 Å². The highest BCUT2D eigenvalue weighted by atomic mass is 32.1. The zero-order valence-corrected chi connectivity index (χ0v) is 9.59. The second-order valence-corrected chi connectivity index (χ2v) is 4.83. The van der Waals surface area contributed by atoms with Crippen LogP contribution in [0.1, 0.15) is 0 Å². The lowest BCUT2D eigenvalue weighted by atomic mass is 10.4. The molecule has 5 nitrogen and oxygen atoms in total. The predicted octanol–water partition coefficient (Wildman–Crippen LogP) is 2.50. The average Bonchev–Trinajstić information content (AvgIpc) is 2.97.